The van der Waals surface area contributed by atoms with Gasteiger partial charge in [-0.2, -0.15) is 0 Å². The summed E-state index contributed by atoms with van der Waals surface area (Å²) < 4.78 is 0. The van der Waals surface area contributed by atoms with E-state index < -0.39 is 0 Å². The topological polar surface area (TPSA) is 61.4 Å². The summed E-state index contributed by atoms with van der Waals surface area (Å²) in [6.07, 6.45) is 5.03. The predicted molar refractivity (Wildman–Crippen MR) is 104 cm³/mol. The van der Waals surface area contributed by atoms with Gasteiger partial charge in [0.05, 0.1) is 0 Å². The number of amides is 1. The van der Waals surface area contributed by atoms with Crippen molar-refractivity contribution in [1.82, 2.24) is 14.9 Å². The summed E-state index contributed by atoms with van der Waals surface area (Å²) in [5.74, 6) is 1.84. The van der Waals surface area contributed by atoms with Crippen LogP contribution in [-0.4, -0.2) is 47.5 Å². The summed E-state index contributed by atoms with van der Waals surface area (Å²) in [7, 11) is 2.00. The zero-order valence-corrected chi connectivity index (χ0v) is 15.6. The number of benzene rings is 1. The third-order valence-electron chi connectivity index (χ3n) is 4.84. The summed E-state index contributed by atoms with van der Waals surface area (Å²) in [6, 6.07) is 9.79. The highest BCUT2D eigenvalue weighted by Crippen LogP contribution is 2.16. The van der Waals surface area contributed by atoms with Crippen LogP contribution in [0.25, 0.3) is 0 Å². The van der Waals surface area contributed by atoms with Gasteiger partial charge < -0.3 is 15.1 Å². The van der Waals surface area contributed by atoms with E-state index in [1.54, 1.807) is 6.33 Å². The number of nitrogens with zero attached hydrogens (tertiary/aromatic N) is 4. The molecule has 1 aliphatic rings. The Hall–Kier alpha value is -2.63. The van der Waals surface area contributed by atoms with Gasteiger partial charge in [-0.1, -0.05) is 12.1 Å². The lowest BCUT2D eigenvalue weighted by atomic mass is 10.1. The standard InChI is InChI=1S/C20H27N5O/c1-3-24(2)19-13-18(22-15-23-19)21-14-16-7-9-17(10-8-16)20(26)25-11-5-4-6-12-25/h7-10,13,15H,3-6,11-12,14H2,1-2H3,(H,21,22,23). The Morgan fingerprint density at radius 3 is 2.58 bits per heavy atom. The molecule has 0 spiro atoms. The lowest BCUT2D eigenvalue weighted by molar-refractivity contribution is 0.0724. The quantitative estimate of drug-likeness (QED) is 0.864. The first-order chi connectivity index (χ1) is 12.7. The van der Waals surface area contributed by atoms with Crippen molar-refractivity contribution in [3.05, 3.63) is 47.8 Å². The zero-order valence-electron chi connectivity index (χ0n) is 15.6. The highest BCUT2D eigenvalue weighted by Gasteiger charge is 2.17. The maximum Gasteiger partial charge on any atom is 0.253 e. The van der Waals surface area contributed by atoms with Crippen LogP contribution in [0.4, 0.5) is 11.6 Å². The SMILES string of the molecule is CCN(C)c1cc(NCc2ccc(C(=O)N3CCCCC3)cc2)ncn1. The molecule has 0 unspecified atom stereocenters. The summed E-state index contributed by atoms with van der Waals surface area (Å²) in [5, 5.41) is 3.32. The molecule has 0 saturated carbocycles. The largest absolute Gasteiger partial charge is 0.366 e. The van der Waals surface area contributed by atoms with Gasteiger partial charge in [-0.3, -0.25) is 4.79 Å². The van der Waals surface area contributed by atoms with Crippen molar-refractivity contribution < 1.29 is 4.79 Å². The smallest absolute Gasteiger partial charge is 0.253 e. The number of carbonyl (C=O) groups is 1. The van der Waals surface area contributed by atoms with Crippen LogP contribution in [-0.2, 0) is 6.54 Å². The Kier molecular flexibility index (Phi) is 6.04. The molecule has 0 bridgehead atoms. The second kappa shape index (κ2) is 8.65. The van der Waals surface area contributed by atoms with Crippen molar-refractivity contribution in [2.24, 2.45) is 0 Å². The minimum Gasteiger partial charge on any atom is -0.366 e. The maximum atomic E-state index is 12.5. The van der Waals surface area contributed by atoms with Crippen LogP contribution in [0.5, 0.6) is 0 Å². The lowest BCUT2D eigenvalue weighted by Crippen LogP contribution is -2.35. The normalized spacial score (nSPS) is 14.2. The van der Waals surface area contributed by atoms with E-state index in [9.17, 15) is 4.79 Å². The Balaban J connectivity index is 1.58. The Morgan fingerprint density at radius 2 is 1.88 bits per heavy atom. The molecular weight excluding hydrogens is 326 g/mol. The van der Waals surface area contributed by atoms with Gasteiger partial charge in [0, 0.05) is 44.9 Å². The number of aromatic nitrogens is 2. The molecule has 3 rings (SSSR count). The Bertz CT molecular complexity index is 725. The molecule has 1 aliphatic heterocycles. The highest BCUT2D eigenvalue weighted by atomic mass is 16.2. The molecule has 1 saturated heterocycles. The molecular formula is C20H27N5O. The fourth-order valence-corrected chi connectivity index (χ4v) is 3.05. The fourth-order valence-electron chi connectivity index (χ4n) is 3.05. The number of piperidine rings is 1. The number of rotatable bonds is 6. The summed E-state index contributed by atoms with van der Waals surface area (Å²) in [5.41, 5.74) is 1.88. The molecule has 0 atom stereocenters. The van der Waals surface area contributed by atoms with E-state index in [1.807, 2.05) is 42.3 Å². The molecule has 138 valence electrons. The second-order valence-corrected chi connectivity index (χ2v) is 6.68. The number of carbonyl (C=O) groups excluding carboxylic acids is 1. The van der Waals surface area contributed by atoms with Crippen LogP contribution in [0.1, 0.15) is 42.1 Å². The van der Waals surface area contributed by atoms with Gasteiger partial charge in [-0.05, 0) is 43.9 Å². The van der Waals surface area contributed by atoms with E-state index in [-0.39, 0.29) is 5.91 Å². The van der Waals surface area contributed by atoms with Gasteiger partial charge in [0.2, 0.25) is 0 Å². The Morgan fingerprint density at radius 1 is 1.15 bits per heavy atom. The molecule has 1 N–H and O–H groups in total. The number of hydrogen-bond donors (Lipinski definition) is 1. The molecule has 1 aromatic heterocycles. The van der Waals surface area contributed by atoms with E-state index in [0.29, 0.717) is 6.54 Å². The molecule has 0 aliphatic carbocycles. The molecule has 2 heterocycles. The average Bonchev–Trinajstić information content (AvgIpc) is 2.72. The fraction of sp³-hybridized carbons (Fsp3) is 0.450. The number of nitrogens with one attached hydrogen (secondary N) is 1. The zero-order chi connectivity index (χ0) is 18.4. The minimum atomic E-state index is 0.146. The minimum absolute atomic E-state index is 0.146. The van der Waals surface area contributed by atoms with Gasteiger partial charge in [-0.25, -0.2) is 9.97 Å². The Labute approximate surface area is 155 Å². The van der Waals surface area contributed by atoms with Crippen molar-refractivity contribution in [1.29, 1.82) is 0 Å². The average molecular weight is 353 g/mol. The van der Waals surface area contributed by atoms with Crippen molar-refractivity contribution in [3.63, 3.8) is 0 Å². The first-order valence-electron chi connectivity index (χ1n) is 9.32. The molecule has 1 amide bonds. The van der Waals surface area contributed by atoms with E-state index >= 15 is 0 Å². The first-order valence-corrected chi connectivity index (χ1v) is 9.32. The van der Waals surface area contributed by atoms with Gasteiger partial charge in [-0.15, -0.1) is 0 Å². The van der Waals surface area contributed by atoms with Crippen LogP contribution in [0.2, 0.25) is 0 Å². The van der Waals surface area contributed by atoms with Crippen molar-refractivity contribution in [2.45, 2.75) is 32.7 Å². The number of likely N-dealkylation sites (tertiary alicyclic amines) is 1. The van der Waals surface area contributed by atoms with Gasteiger partial charge in [0.1, 0.15) is 18.0 Å². The monoisotopic (exact) mass is 353 g/mol. The van der Waals surface area contributed by atoms with Crippen LogP contribution < -0.4 is 10.2 Å². The van der Waals surface area contributed by atoms with Crippen LogP contribution in [0.3, 0.4) is 0 Å². The van der Waals surface area contributed by atoms with Crippen LogP contribution in [0, 0.1) is 0 Å². The molecule has 2 aromatic rings. The molecule has 1 fully saturated rings. The molecule has 6 heteroatoms. The molecule has 1 aromatic carbocycles. The third kappa shape index (κ3) is 4.50. The molecule has 6 nitrogen and oxygen atoms in total. The van der Waals surface area contributed by atoms with Gasteiger partial charge in [0.15, 0.2) is 0 Å². The maximum absolute atomic E-state index is 12.5. The number of hydrogen-bond acceptors (Lipinski definition) is 5. The summed E-state index contributed by atoms with van der Waals surface area (Å²) >= 11 is 0. The lowest BCUT2D eigenvalue weighted by Gasteiger charge is -2.26. The van der Waals surface area contributed by atoms with Crippen LogP contribution >= 0.6 is 0 Å². The molecule has 0 radical (unpaired) electrons. The summed E-state index contributed by atoms with van der Waals surface area (Å²) in [6.45, 7) is 5.39. The predicted octanol–water partition coefficient (Wildman–Crippen LogP) is 3.17. The van der Waals surface area contributed by atoms with Gasteiger partial charge >= 0.3 is 0 Å². The van der Waals surface area contributed by atoms with Crippen molar-refractivity contribution >= 4 is 17.5 Å². The van der Waals surface area contributed by atoms with Crippen LogP contribution in [0.15, 0.2) is 36.7 Å². The van der Waals surface area contributed by atoms with Crippen molar-refractivity contribution in [3.8, 4) is 0 Å². The summed E-state index contributed by atoms with van der Waals surface area (Å²) in [4.78, 5) is 25.1. The first kappa shape index (κ1) is 18.2. The van der Waals surface area contributed by atoms with Gasteiger partial charge in [0.25, 0.3) is 5.91 Å². The van der Waals surface area contributed by atoms with E-state index in [0.717, 1.165) is 55.2 Å². The van der Waals surface area contributed by atoms with E-state index in [4.69, 9.17) is 0 Å². The third-order valence-corrected chi connectivity index (χ3v) is 4.84. The molecule has 26 heavy (non-hydrogen) atoms. The van der Waals surface area contributed by atoms with E-state index in [1.165, 1.54) is 6.42 Å². The van der Waals surface area contributed by atoms with Crippen molar-refractivity contribution in [2.75, 3.05) is 36.9 Å². The second-order valence-electron chi connectivity index (χ2n) is 6.68. The number of anilines is 2. The van der Waals surface area contributed by atoms with E-state index in [2.05, 4.69) is 27.1 Å². The highest BCUT2D eigenvalue weighted by molar-refractivity contribution is 5.94.